The maximum absolute atomic E-state index is 13.3. The minimum absolute atomic E-state index is 0.177. The van der Waals surface area contributed by atoms with Gasteiger partial charge in [0.2, 0.25) is 0 Å². The second kappa shape index (κ2) is 5.29. The van der Waals surface area contributed by atoms with E-state index in [2.05, 4.69) is 10.4 Å². The number of halogens is 3. The Hall–Kier alpha value is -2.51. The van der Waals surface area contributed by atoms with Crippen LogP contribution in [-0.2, 0) is 0 Å². The van der Waals surface area contributed by atoms with E-state index in [1.807, 2.05) is 6.92 Å². The Labute approximate surface area is 129 Å². The number of rotatable bonds is 2. The lowest BCUT2D eigenvalue weighted by Gasteiger charge is -2.34. The number of benzene rings is 1. The smallest absolute Gasteiger partial charge is 0.410 e. The second-order valence-corrected chi connectivity index (χ2v) is 5.54. The molecule has 2 aromatic rings. The first-order valence-electron chi connectivity index (χ1n) is 6.96. The molecule has 0 radical (unpaired) electrons. The summed E-state index contributed by atoms with van der Waals surface area (Å²) in [6.45, 7) is 1.87. The highest BCUT2D eigenvalue weighted by atomic mass is 19.4. The van der Waals surface area contributed by atoms with Crippen LogP contribution in [0.1, 0.15) is 40.0 Å². The average molecular weight is 324 g/mol. The number of carbonyl (C=O) groups is 1. The van der Waals surface area contributed by atoms with Crippen LogP contribution in [0.4, 0.5) is 19.0 Å². The Balaban J connectivity index is 2.05. The lowest BCUT2D eigenvalue weighted by molar-refractivity contribution is -0.255. The van der Waals surface area contributed by atoms with Gasteiger partial charge in [-0.2, -0.15) is 18.3 Å². The fourth-order valence-corrected chi connectivity index (χ4v) is 2.73. The van der Waals surface area contributed by atoms with Gasteiger partial charge in [-0.25, -0.2) is 4.68 Å². The summed E-state index contributed by atoms with van der Waals surface area (Å²) in [4.78, 5) is 11.1. The normalized spacial score (nSPS) is 20.7. The molecule has 0 fully saturated rings. The largest absolute Gasteiger partial charge is 0.545 e. The molecule has 1 aliphatic rings. The Bertz CT molecular complexity index is 737. The van der Waals surface area contributed by atoms with Crippen molar-refractivity contribution in [1.29, 1.82) is 0 Å². The number of nitrogens with zero attached hydrogens (tertiary/aromatic N) is 2. The third-order valence-corrected chi connectivity index (χ3v) is 3.94. The minimum atomic E-state index is -4.53. The molecule has 0 saturated heterocycles. The lowest BCUT2D eigenvalue weighted by Crippen LogP contribution is -2.36. The van der Waals surface area contributed by atoms with Gasteiger partial charge in [0.15, 0.2) is 6.04 Å². The van der Waals surface area contributed by atoms with Gasteiger partial charge in [0, 0.05) is 6.42 Å². The van der Waals surface area contributed by atoms with Gasteiger partial charge in [-0.1, -0.05) is 29.8 Å². The van der Waals surface area contributed by atoms with E-state index < -0.39 is 24.2 Å². The van der Waals surface area contributed by atoms with Gasteiger partial charge in [0.05, 0.1) is 23.8 Å². The van der Waals surface area contributed by atoms with E-state index in [4.69, 9.17) is 0 Å². The Kier molecular flexibility index (Phi) is 3.54. The second-order valence-electron chi connectivity index (χ2n) is 5.54. The number of aromatic carboxylic acids is 1. The van der Waals surface area contributed by atoms with Crippen molar-refractivity contribution in [3.63, 3.8) is 0 Å². The van der Waals surface area contributed by atoms with Crippen LogP contribution < -0.4 is 10.4 Å². The summed E-state index contributed by atoms with van der Waals surface area (Å²) in [5, 5.41) is 17.5. The Morgan fingerprint density at radius 3 is 2.57 bits per heavy atom. The van der Waals surface area contributed by atoms with Crippen LogP contribution in [0.3, 0.4) is 0 Å². The summed E-state index contributed by atoms with van der Waals surface area (Å²) in [6, 6.07) is 4.50. The lowest BCUT2D eigenvalue weighted by atomic mass is 9.96. The maximum atomic E-state index is 13.3. The van der Waals surface area contributed by atoms with Gasteiger partial charge in [-0.3, -0.25) is 0 Å². The molecule has 0 bridgehead atoms. The molecule has 0 unspecified atom stereocenters. The van der Waals surface area contributed by atoms with E-state index in [1.165, 1.54) is 0 Å². The molecule has 1 aliphatic heterocycles. The molecule has 0 saturated carbocycles. The predicted octanol–water partition coefficient (Wildman–Crippen LogP) is 2.22. The number of carboxylic acids is 1. The summed E-state index contributed by atoms with van der Waals surface area (Å²) in [7, 11) is 0. The highest BCUT2D eigenvalue weighted by Gasteiger charge is 2.46. The molecule has 0 aliphatic carbocycles. The number of anilines is 1. The monoisotopic (exact) mass is 324 g/mol. The highest BCUT2D eigenvalue weighted by Crippen LogP contribution is 2.44. The molecule has 1 N–H and O–H groups in total. The van der Waals surface area contributed by atoms with Crippen molar-refractivity contribution in [2.75, 3.05) is 5.32 Å². The van der Waals surface area contributed by atoms with Gasteiger partial charge >= 0.3 is 6.18 Å². The summed E-state index contributed by atoms with van der Waals surface area (Å²) in [5.74, 6) is -1.74. The average Bonchev–Trinajstić information content (AvgIpc) is 2.89. The summed E-state index contributed by atoms with van der Waals surface area (Å²) >= 11 is 0. The summed E-state index contributed by atoms with van der Waals surface area (Å²) in [5.41, 5.74) is 1.26. The van der Waals surface area contributed by atoms with Crippen LogP contribution in [0.25, 0.3) is 0 Å². The number of hydrogen-bond acceptors (Lipinski definition) is 4. The van der Waals surface area contributed by atoms with Crippen molar-refractivity contribution in [2.24, 2.45) is 0 Å². The number of aryl methyl sites for hydroxylation is 1. The molecule has 3 rings (SSSR count). The zero-order chi connectivity index (χ0) is 16.8. The molecule has 0 amide bonds. The van der Waals surface area contributed by atoms with Crippen LogP contribution >= 0.6 is 0 Å². The van der Waals surface area contributed by atoms with Crippen molar-refractivity contribution in [3.8, 4) is 0 Å². The minimum Gasteiger partial charge on any atom is -0.545 e. The first-order chi connectivity index (χ1) is 10.8. The molecule has 0 spiro atoms. The van der Waals surface area contributed by atoms with Crippen LogP contribution in [-0.4, -0.2) is 21.9 Å². The Morgan fingerprint density at radius 1 is 1.35 bits per heavy atom. The first-order valence-corrected chi connectivity index (χ1v) is 6.96. The fraction of sp³-hybridized carbons (Fsp3) is 0.333. The van der Waals surface area contributed by atoms with Crippen molar-refractivity contribution in [3.05, 3.63) is 47.2 Å². The van der Waals surface area contributed by atoms with Crippen molar-refractivity contribution >= 4 is 11.8 Å². The summed E-state index contributed by atoms with van der Waals surface area (Å²) < 4.78 is 40.7. The number of alkyl halides is 3. The van der Waals surface area contributed by atoms with E-state index in [-0.39, 0.29) is 17.8 Å². The van der Waals surface area contributed by atoms with Gasteiger partial charge in [0.25, 0.3) is 0 Å². The maximum Gasteiger partial charge on any atom is 0.410 e. The fourth-order valence-electron chi connectivity index (χ4n) is 2.73. The number of aromatic nitrogens is 2. The van der Waals surface area contributed by atoms with Crippen molar-refractivity contribution < 1.29 is 23.1 Å². The zero-order valence-corrected chi connectivity index (χ0v) is 12.1. The zero-order valence-electron chi connectivity index (χ0n) is 12.1. The van der Waals surface area contributed by atoms with Gasteiger partial charge < -0.3 is 15.2 Å². The van der Waals surface area contributed by atoms with E-state index in [9.17, 15) is 23.1 Å². The molecule has 2 atom stereocenters. The van der Waals surface area contributed by atoms with E-state index in [0.29, 0.717) is 10.2 Å². The third-order valence-electron chi connectivity index (χ3n) is 3.94. The molecule has 1 aromatic heterocycles. The van der Waals surface area contributed by atoms with Gasteiger partial charge in [-0.15, -0.1) is 0 Å². The predicted molar refractivity (Wildman–Crippen MR) is 73.8 cm³/mol. The number of fused-ring (bicyclic) bond motifs is 1. The van der Waals surface area contributed by atoms with E-state index in [1.54, 1.807) is 24.3 Å². The first kappa shape index (κ1) is 15.4. The van der Waals surface area contributed by atoms with E-state index >= 15 is 0 Å². The number of carbonyl (C=O) groups excluding carboxylic acids is 1. The van der Waals surface area contributed by atoms with Crippen LogP contribution in [0.2, 0.25) is 0 Å². The molecule has 23 heavy (non-hydrogen) atoms. The molecule has 122 valence electrons. The number of nitrogens with one attached hydrogen (secondary N) is 1. The highest BCUT2D eigenvalue weighted by molar-refractivity contribution is 5.91. The number of hydrogen-bond donors (Lipinski definition) is 1. The van der Waals surface area contributed by atoms with Crippen LogP contribution in [0.15, 0.2) is 30.5 Å². The molecular formula is C15H13F3N3O2-. The molecule has 1 aromatic carbocycles. The number of carboxylic acid groups (broad SMARTS) is 1. The quantitative estimate of drug-likeness (QED) is 0.919. The van der Waals surface area contributed by atoms with Crippen LogP contribution in [0.5, 0.6) is 0 Å². The van der Waals surface area contributed by atoms with Gasteiger partial charge in [-0.05, 0) is 12.5 Å². The van der Waals surface area contributed by atoms with Crippen molar-refractivity contribution in [2.45, 2.75) is 31.6 Å². The third kappa shape index (κ3) is 2.76. The SMILES string of the molecule is Cc1ccc([C@@H]2C[C@@H](C(F)(F)F)n3ncc(C(=O)[O-])c3N2)cc1. The topological polar surface area (TPSA) is 70.0 Å². The molecule has 2 heterocycles. The van der Waals surface area contributed by atoms with Crippen molar-refractivity contribution in [1.82, 2.24) is 9.78 Å². The van der Waals surface area contributed by atoms with Gasteiger partial charge in [0.1, 0.15) is 5.82 Å². The molecule has 5 nitrogen and oxygen atoms in total. The standard InChI is InChI=1S/C15H14F3N3O2/c1-8-2-4-9(5-3-8)11-6-12(15(16,17)18)21-13(20-11)10(7-19-21)14(22)23/h2-5,7,11-12,20H,6H2,1H3,(H,22,23)/p-1/t11-,12-/m0/s1. The Morgan fingerprint density at radius 2 is 2.00 bits per heavy atom. The molecular weight excluding hydrogens is 311 g/mol. The molecule has 8 heteroatoms. The summed E-state index contributed by atoms with van der Waals surface area (Å²) in [6.07, 6.45) is -3.92. The van der Waals surface area contributed by atoms with E-state index in [0.717, 1.165) is 11.8 Å². The van der Waals surface area contributed by atoms with Crippen LogP contribution in [0, 0.1) is 6.92 Å².